The predicted octanol–water partition coefficient (Wildman–Crippen LogP) is 2.45. The molecule has 2 aromatic rings. The summed E-state index contributed by atoms with van der Waals surface area (Å²) in [5, 5.41) is 1.08. The minimum atomic E-state index is 0. The van der Waals surface area contributed by atoms with Gasteiger partial charge in [0.25, 0.3) is 0 Å². The number of rotatable bonds is 2. The van der Waals surface area contributed by atoms with Crippen molar-refractivity contribution in [1.82, 2.24) is 0 Å². The summed E-state index contributed by atoms with van der Waals surface area (Å²) in [5.74, 6) is 0.586. The first-order valence-corrected chi connectivity index (χ1v) is 6.45. The number of hydrogen-bond donors (Lipinski definition) is 0. The molecule has 0 amide bonds. The molecular weight excluding hydrogens is 283 g/mol. The Morgan fingerprint density at radius 3 is 2.56 bits per heavy atom. The van der Waals surface area contributed by atoms with E-state index in [4.69, 9.17) is 4.42 Å². The van der Waals surface area contributed by atoms with Crippen molar-refractivity contribution in [3.8, 4) is 0 Å². The number of benzene rings is 1. The van der Waals surface area contributed by atoms with Gasteiger partial charge in [-0.25, -0.2) is 0 Å². The summed E-state index contributed by atoms with van der Waals surface area (Å²) >= 11 is 3.37. The van der Waals surface area contributed by atoms with E-state index < -0.39 is 0 Å². The van der Waals surface area contributed by atoms with Gasteiger partial charge in [0.05, 0.1) is 11.8 Å². The Hall–Kier alpha value is -0.293. The van der Waals surface area contributed by atoms with Crippen LogP contribution in [-0.2, 0) is 0 Å². The van der Waals surface area contributed by atoms with Crippen LogP contribution in [0.25, 0.3) is 11.0 Å². The van der Waals surface area contributed by atoms with Gasteiger partial charge < -0.3 is 18.3 Å². The first-order chi connectivity index (χ1) is 8.04. The Morgan fingerprint density at radius 2 is 2.06 bits per heavy atom. The van der Waals surface area contributed by atoms with Crippen LogP contribution in [-0.4, -0.2) is 0 Å². The maximum atomic E-state index is 5.21. The molecule has 0 spiro atoms. The average Bonchev–Trinajstić information content (AvgIpc) is 2.66. The van der Waals surface area contributed by atoms with E-state index >= 15 is 0 Å². The third-order valence-electron chi connectivity index (χ3n) is 2.32. The van der Waals surface area contributed by atoms with E-state index in [1.807, 2.05) is 18.2 Å². The summed E-state index contributed by atoms with van der Waals surface area (Å²) in [4.78, 5) is 0. The molecule has 0 N–H and O–H groups in total. The van der Waals surface area contributed by atoms with E-state index in [2.05, 4.69) is 43.6 Å². The summed E-state index contributed by atoms with van der Waals surface area (Å²) in [6, 6.07) is 5.83. The molecule has 2 rings (SSSR count). The van der Waals surface area contributed by atoms with Crippen molar-refractivity contribution in [3.63, 3.8) is 0 Å². The van der Waals surface area contributed by atoms with Crippen LogP contribution in [0.15, 0.2) is 33.4 Å². The predicted molar refractivity (Wildman–Crippen MR) is 77.5 cm³/mol. The Labute approximate surface area is 131 Å². The molecule has 1 heterocycles. The SMILES string of the molecule is [CH2-]CC[C@@H]([CH2-])C.[CH2-]c1cc(Br)cc2occc12.[Li+]. The maximum absolute atomic E-state index is 5.21. The quantitative estimate of drug-likeness (QED) is 0.613. The van der Waals surface area contributed by atoms with Crippen LogP contribution in [0.5, 0.6) is 0 Å². The number of hydrogen-bond acceptors (Lipinski definition) is 1. The number of fused-ring (bicyclic) bond motifs is 1. The number of halogens is 1. The molecule has 1 nitrogen and oxygen atoms in total. The van der Waals surface area contributed by atoms with Crippen molar-refractivity contribution in [3.05, 3.63) is 55.3 Å². The van der Waals surface area contributed by atoms with E-state index in [1.165, 1.54) is 0 Å². The Bertz CT molecular complexity index is 462. The Morgan fingerprint density at radius 1 is 1.39 bits per heavy atom. The molecule has 3 heteroatoms. The first-order valence-electron chi connectivity index (χ1n) is 5.65. The molecule has 0 radical (unpaired) electrons. The van der Waals surface area contributed by atoms with Gasteiger partial charge in [-0.05, 0) is 10.5 Å². The zero-order valence-corrected chi connectivity index (χ0v) is 12.8. The van der Waals surface area contributed by atoms with Crippen molar-refractivity contribution in [2.24, 2.45) is 5.92 Å². The van der Waals surface area contributed by atoms with Gasteiger partial charge in [0, 0.05) is 0 Å². The topological polar surface area (TPSA) is 13.1 Å². The molecule has 0 saturated heterocycles. The third-order valence-corrected chi connectivity index (χ3v) is 2.78. The van der Waals surface area contributed by atoms with Crippen molar-refractivity contribution in [1.29, 1.82) is 0 Å². The number of furan rings is 1. The van der Waals surface area contributed by atoms with Crippen LogP contribution in [0.3, 0.4) is 0 Å². The van der Waals surface area contributed by atoms with E-state index in [1.54, 1.807) is 6.26 Å². The van der Waals surface area contributed by atoms with Gasteiger partial charge in [-0.1, -0.05) is 34.3 Å². The minimum Gasteiger partial charge on any atom is -0.478 e. The summed E-state index contributed by atoms with van der Waals surface area (Å²) in [5.41, 5.74) is 1.87. The first kappa shape index (κ1) is 17.7. The largest absolute Gasteiger partial charge is 1.00 e. The smallest absolute Gasteiger partial charge is 0.478 e. The van der Waals surface area contributed by atoms with Gasteiger partial charge in [-0.15, -0.1) is 12.5 Å². The van der Waals surface area contributed by atoms with Gasteiger partial charge in [-0.3, -0.25) is 0 Å². The molecule has 0 unspecified atom stereocenters. The maximum Gasteiger partial charge on any atom is 1.00 e. The molecule has 0 aliphatic rings. The second kappa shape index (κ2) is 8.75. The summed E-state index contributed by atoms with van der Waals surface area (Å²) in [6.45, 7) is 13.5. The van der Waals surface area contributed by atoms with Crippen molar-refractivity contribution >= 4 is 26.9 Å². The molecule has 94 valence electrons. The van der Waals surface area contributed by atoms with Crippen LogP contribution in [0.2, 0.25) is 0 Å². The summed E-state index contributed by atoms with van der Waals surface area (Å²) in [6.07, 6.45) is 3.84. The molecule has 0 fully saturated rings. The van der Waals surface area contributed by atoms with E-state index in [0.717, 1.165) is 33.8 Å². The Balaban J connectivity index is 0.000000362. The molecule has 18 heavy (non-hydrogen) atoms. The van der Waals surface area contributed by atoms with E-state index in [0.29, 0.717) is 5.92 Å². The molecule has 1 atom stereocenters. The third kappa shape index (κ3) is 5.57. The van der Waals surface area contributed by atoms with Gasteiger partial charge in [-0.2, -0.15) is 24.8 Å². The fraction of sp³-hybridized carbons (Fsp3) is 0.267. The molecule has 0 aliphatic carbocycles. The van der Waals surface area contributed by atoms with Crippen molar-refractivity contribution in [2.75, 3.05) is 0 Å². The molecule has 1 aromatic heterocycles. The summed E-state index contributed by atoms with van der Waals surface area (Å²) < 4.78 is 6.21. The minimum absolute atomic E-state index is 0. The fourth-order valence-corrected chi connectivity index (χ4v) is 1.94. The zero-order valence-electron chi connectivity index (χ0n) is 11.2. The molecular formula is C15H18BrLiO-2. The van der Waals surface area contributed by atoms with Gasteiger partial charge in [0.1, 0.15) is 0 Å². The normalized spacial score (nSPS) is 11.3. The average molecular weight is 301 g/mol. The van der Waals surface area contributed by atoms with Crippen LogP contribution < -0.4 is 18.9 Å². The van der Waals surface area contributed by atoms with E-state index in [9.17, 15) is 0 Å². The monoisotopic (exact) mass is 300 g/mol. The van der Waals surface area contributed by atoms with Crippen molar-refractivity contribution < 1.29 is 23.3 Å². The van der Waals surface area contributed by atoms with Crippen LogP contribution in [0.1, 0.15) is 25.3 Å². The summed E-state index contributed by atoms with van der Waals surface area (Å²) in [7, 11) is 0. The Kier molecular flexibility index (Phi) is 8.61. The van der Waals surface area contributed by atoms with Gasteiger partial charge in [0.2, 0.25) is 0 Å². The van der Waals surface area contributed by atoms with Crippen LogP contribution in [0.4, 0.5) is 0 Å². The fourth-order valence-electron chi connectivity index (χ4n) is 1.46. The molecule has 0 bridgehead atoms. The second-order valence-electron chi connectivity index (χ2n) is 4.14. The van der Waals surface area contributed by atoms with Crippen LogP contribution >= 0.6 is 15.9 Å². The molecule has 0 aliphatic heterocycles. The zero-order chi connectivity index (χ0) is 12.8. The second-order valence-corrected chi connectivity index (χ2v) is 5.06. The van der Waals surface area contributed by atoms with Gasteiger partial charge >= 0.3 is 18.9 Å². The molecule has 0 saturated carbocycles. The van der Waals surface area contributed by atoms with E-state index in [-0.39, 0.29) is 18.9 Å². The van der Waals surface area contributed by atoms with Crippen LogP contribution in [0, 0.1) is 26.7 Å². The standard InChI is InChI=1S/C9H6BrO.C6H12.Li/c1-6-4-7(10)5-9-8(6)2-3-11-9;1-4-5-6(2)3;/h2-5H,1H2;6H,1-2,4-5H2,3H3;/q-1;-2;+1/t;6-;/m.0./s1. The van der Waals surface area contributed by atoms with Crippen molar-refractivity contribution in [2.45, 2.75) is 19.8 Å². The molecule has 1 aromatic carbocycles. The van der Waals surface area contributed by atoms with Gasteiger partial charge in [0.15, 0.2) is 0 Å².